The molecule has 6 rings (SSSR count). The number of amides is 2. The largest absolute Gasteiger partial charge is 0.486 e. The fourth-order valence-electron chi connectivity index (χ4n) is 5.44. The van der Waals surface area contributed by atoms with Gasteiger partial charge in [-0.1, -0.05) is 66.9 Å². The second kappa shape index (κ2) is 11.1. The molecular weight excluding hydrogens is 494 g/mol. The average molecular weight is 526 g/mol. The van der Waals surface area contributed by atoms with Gasteiger partial charge in [-0.2, -0.15) is 0 Å². The fourth-order valence-corrected chi connectivity index (χ4v) is 5.44. The van der Waals surface area contributed by atoms with Crippen LogP contribution in [-0.4, -0.2) is 46.1 Å². The van der Waals surface area contributed by atoms with E-state index in [2.05, 4.69) is 15.6 Å². The molecule has 0 radical (unpaired) electrons. The van der Waals surface area contributed by atoms with Gasteiger partial charge in [-0.25, -0.2) is 4.68 Å². The van der Waals surface area contributed by atoms with Gasteiger partial charge in [-0.15, -0.1) is 5.10 Å². The molecule has 0 spiro atoms. The average Bonchev–Trinajstić information content (AvgIpc) is 3.39. The first-order valence-electron chi connectivity index (χ1n) is 13.5. The van der Waals surface area contributed by atoms with Crippen molar-refractivity contribution in [3.63, 3.8) is 0 Å². The van der Waals surface area contributed by atoms with Gasteiger partial charge in [0.25, 0.3) is 0 Å². The van der Waals surface area contributed by atoms with Crippen molar-refractivity contribution >= 4 is 28.5 Å². The Bertz CT molecular complexity index is 1460. The molecule has 2 aliphatic rings. The fraction of sp³-hybridized carbons (Fsp3) is 0.333. The summed E-state index contributed by atoms with van der Waals surface area (Å²) in [6.07, 6.45) is 5.24. The molecule has 2 amide bonds. The van der Waals surface area contributed by atoms with Crippen molar-refractivity contribution in [1.29, 1.82) is 0 Å². The number of ether oxygens (including phenoxy) is 2. The van der Waals surface area contributed by atoms with Gasteiger partial charge < -0.3 is 14.8 Å². The van der Waals surface area contributed by atoms with E-state index in [1.807, 2.05) is 54.6 Å². The molecule has 2 heterocycles. The van der Waals surface area contributed by atoms with E-state index in [0.29, 0.717) is 35.9 Å². The number of aromatic nitrogens is 3. The van der Waals surface area contributed by atoms with Crippen LogP contribution in [0.15, 0.2) is 72.8 Å². The minimum atomic E-state index is -0.891. The Morgan fingerprint density at radius 3 is 2.49 bits per heavy atom. The molecule has 9 nitrogen and oxygen atoms in total. The van der Waals surface area contributed by atoms with Crippen molar-refractivity contribution in [3.8, 4) is 11.5 Å². The van der Waals surface area contributed by atoms with E-state index < -0.39 is 6.04 Å². The van der Waals surface area contributed by atoms with Crippen LogP contribution < -0.4 is 19.7 Å². The third kappa shape index (κ3) is 5.30. The summed E-state index contributed by atoms with van der Waals surface area (Å²) in [7, 11) is 0. The first kappa shape index (κ1) is 24.9. The van der Waals surface area contributed by atoms with E-state index in [4.69, 9.17) is 9.47 Å². The Morgan fingerprint density at radius 1 is 0.923 bits per heavy atom. The summed E-state index contributed by atoms with van der Waals surface area (Å²) >= 11 is 0. The quantitative estimate of drug-likeness (QED) is 0.383. The first-order chi connectivity index (χ1) is 19.2. The monoisotopic (exact) mass is 525 g/mol. The van der Waals surface area contributed by atoms with Crippen LogP contribution in [0.3, 0.4) is 0 Å². The van der Waals surface area contributed by atoms with E-state index >= 15 is 0 Å². The second-order valence-corrected chi connectivity index (χ2v) is 9.98. The zero-order valence-corrected chi connectivity index (χ0v) is 21.7. The number of fused-ring (bicyclic) bond motifs is 2. The topological polar surface area (TPSA) is 98.6 Å². The van der Waals surface area contributed by atoms with Crippen molar-refractivity contribution in [2.24, 2.45) is 0 Å². The van der Waals surface area contributed by atoms with Crippen LogP contribution in [0.4, 0.5) is 5.69 Å². The molecule has 1 atom stereocenters. The van der Waals surface area contributed by atoms with Crippen LogP contribution in [-0.2, 0) is 16.1 Å². The minimum absolute atomic E-state index is 0.0883. The van der Waals surface area contributed by atoms with Crippen molar-refractivity contribution < 1.29 is 19.1 Å². The molecule has 3 aromatic carbocycles. The SMILES string of the molecule is O=C(NC1CCCCC1)C(c1ccccc1)N(C(=O)Cn1nnc2ccccc21)c1ccc2c(c1)OCCO2. The molecule has 1 aliphatic carbocycles. The number of para-hydroxylation sites is 1. The highest BCUT2D eigenvalue weighted by Crippen LogP contribution is 2.37. The maximum atomic E-state index is 14.2. The molecule has 1 fully saturated rings. The molecule has 0 saturated heterocycles. The molecule has 0 bridgehead atoms. The summed E-state index contributed by atoms with van der Waals surface area (Å²) in [5, 5.41) is 11.7. The number of nitrogens with zero attached hydrogens (tertiary/aromatic N) is 4. The van der Waals surface area contributed by atoms with Crippen LogP contribution in [0.5, 0.6) is 11.5 Å². The normalized spacial score (nSPS) is 16.0. The maximum Gasteiger partial charge on any atom is 0.249 e. The van der Waals surface area contributed by atoms with Gasteiger partial charge >= 0.3 is 0 Å². The number of hydrogen-bond donors (Lipinski definition) is 1. The Balaban J connectivity index is 1.41. The predicted octanol–water partition coefficient (Wildman–Crippen LogP) is 4.43. The van der Waals surface area contributed by atoms with Crippen molar-refractivity contribution in [2.75, 3.05) is 18.1 Å². The summed E-state index contributed by atoms with van der Waals surface area (Å²) in [4.78, 5) is 29.8. The van der Waals surface area contributed by atoms with Crippen LogP contribution in [0, 0.1) is 0 Å². The Kier molecular flexibility index (Phi) is 7.12. The van der Waals surface area contributed by atoms with Crippen LogP contribution in [0.25, 0.3) is 11.0 Å². The van der Waals surface area contributed by atoms with Gasteiger partial charge in [-0.05, 0) is 42.7 Å². The highest BCUT2D eigenvalue weighted by atomic mass is 16.6. The summed E-state index contributed by atoms with van der Waals surface area (Å²) in [5.41, 5.74) is 2.71. The van der Waals surface area contributed by atoms with Gasteiger partial charge in [0.05, 0.1) is 5.52 Å². The van der Waals surface area contributed by atoms with Gasteiger partial charge in [0.2, 0.25) is 11.8 Å². The van der Waals surface area contributed by atoms with Crippen molar-refractivity contribution in [2.45, 2.75) is 50.7 Å². The van der Waals surface area contributed by atoms with E-state index in [9.17, 15) is 9.59 Å². The minimum Gasteiger partial charge on any atom is -0.486 e. The molecule has 1 aromatic heterocycles. The Hall–Kier alpha value is -4.40. The summed E-state index contributed by atoms with van der Waals surface area (Å²) in [6, 6.07) is 21.5. The van der Waals surface area contributed by atoms with E-state index in [-0.39, 0.29) is 24.4 Å². The Labute approximate surface area is 226 Å². The predicted molar refractivity (Wildman–Crippen MR) is 147 cm³/mol. The van der Waals surface area contributed by atoms with E-state index in [1.54, 1.807) is 27.8 Å². The summed E-state index contributed by atoms with van der Waals surface area (Å²) in [5.74, 6) is 0.652. The number of hydrogen-bond acceptors (Lipinski definition) is 6. The van der Waals surface area contributed by atoms with Gasteiger partial charge in [0.1, 0.15) is 31.3 Å². The third-order valence-electron chi connectivity index (χ3n) is 7.35. The van der Waals surface area contributed by atoms with Crippen molar-refractivity contribution in [3.05, 3.63) is 78.4 Å². The molecule has 1 N–H and O–H groups in total. The standard InChI is InChI=1S/C30H31N5O4/c36-28(20-34-25-14-8-7-13-24(25)32-33-34)35(23-15-16-26-27(19-23)39-18-17-38-26)29(21-9-3-1-4-10-21)30(37)31-22-11-5-2-6-12-22/h1,3-4,7-10,13-16,19,22,29H,2,5-6,11-12,17-18,20H2,(H,31,37). The smallest absolute Gasteiger partial charge is 0.249 e. The number of nitrogens with one attached hydrogen (secondary N) is 1. The van der Waals surface area contributed by atoms with Gasteiger partial charge in [-0.3, -0.25) is 14.5 Å². The number of rotatable bonds is 7. The third-order valence-corrected chi connectivity index (χ3v) is 7.35. The molecule has 1 unspecified atom stereocenters. The lowest BCUT2D eigenvalue weighted by Crippen LogP contribution is -2.48. The zero-order chi connectivity index (χ0) is 26.6. The number of carbonyl (C=O) groups is 2. The molecule has 4 aromatic rings. The number of carbonyl (C=O) groups excluding carboxylic acids is 2. The Morgan fingerprint density at radius 2 is 1.67 bits per heavy atom. The molecule has 39 heavy (non-hydrogen) atoms. The highest BCUT2D eigenvalue weighted by molar-refractivity contribution is 6.02. The molecule has 1 aliphatic heterocycles. The first-order valence-corrected chi connectivity index (χ1v) is 13.5. The van der Waals surface area contributed by atoms with E-state index in [1.165, 1.54) is 6.42 Å². The molecule has 1 saturated carbocycles. The van der Waals surface area contributed by atoms with Gasteiger partial charge in [0.15, 0.2) is 11.5 Å². The summed E-state index contributed by atoms with van der Waals surface area (Å²) in [6.45, 7) is 0.791. The van der Waals surface area contributed by atoms with Crippen molar-refractivity contribution in [1.82, 2.24) is 20.3 Å². The maximum absolute atomic E-state index is 14.2. The lowest BCUT2D eigenvalue weighted by Gasteiger charge is -2.34. The van der Waals surface area contributed by atoms with E-state index in [0.717, 1.165) is 36.8 Å². The molecular formula is C30H31N5O4. The zero-order valence-electron chi connectivity index (χ0n) is 21.7. The number of benzene rings is 3. The second-order valence-electron chi connectivity index (χ2n) is 9.98. The van der Waals surface area contributed by atoms with Gasteiger partial charge in [0, 0.05) is 17.8 Å². The lowest BCUT2D eigenvalue weighted by atomic mass is 9.94. The molecule has 200 valence electrons. The molecule has 9 heteroatoms. The number of anilines is 1. The highest BCUT2D eigenvalue weighted by Gasteiger charge is 2.35. The lowest BCUT2D eigenvalue weighted by molar-refractivity contribution is -0.127. The van der Waals surface area contributed by atoms with Crippen LogP contribution in [0.1, 0.15) is 43.7 Å². The van der Waals surface area contributed by atoms with Crippen LogP contribution in [0.2, 0.25) is 0 Å². The van der Waals surface area contributed by atoms with Crippen LogP contribution >= 0.6 is 0 Å². The summed E-state index contributed by atoms with van der Waals surface area (Å²) < 4.78 is 13.1.